The molecular formula is C21H22N3O6P. The van der Waals surface area contributed by atoms with E-state index in [0.29, 0.717) is 31.0 Å². The van der Waals surface area contributed by atoms with Gasteiger partial charge in [-0.05, 0) is 35.3 Å². The maximum Gasteiger partial charge on any atom is 0.285 e. The summed E-state index contributed by atoms with van der Waals surface area (Å²) < 4.78 is 27.4. The standard InChI is InChI=1S/C21H22N3O6P/c22-21-19(2-1-8-24(21)14-29-31(25,26)27)20-12-18(23-30-20)11-16-5-3-15(4-6-16)10-17-7-9-28-13-17/h1-8,12,22H,9-11,13-14H2,(H2,25,26,27). The van der Waals surface area contributed by atoms with Crippen LogP contribution in [0.4, 0.5) is 5.82 Å². The first kappa shape index (κ1) is 21.4. The van der Waals surface area contributed by atoms with E-state index in [1.807, 2.05) is 0 Å². The summed E-state index contributed by atoms with van der Waals surface area (Å²) in [4.78, 5) is 19.6. The largest absolute Gasteiger partial charge is 0.756 e. The lowest BCUT2D eigenvalue weighted by Crippen LogP contribution is -2.38. The quantitative estimate of drug-likeness (QED) is 0.305. The Morgan fingerprint density at radius 1 is 1.23 bits per heavy atom. The van der Waals surface area contributed by atoms with Crippen LogP contribution in [0.3, 0.4) is 0 Å². The summed E-state index contributed by atoms with van der Waals surface area (Å²) in [5, 5.41) is 4.12. The van der Waals surface area contributed by atoms with Crippen molar-refractivity contribution in [1.82, 2.24) is 5.16 Å². The molecule has 0 saturated carbocycles. The molecule has 10 heteroatoms. The molecule has 4 rings (SSSR count). The molecule has 162 valence electrons. The molecule has 0 fully saturated rings. The van der Waals surface area contributed by atoms with Crippen LogP contribution in [0.5, 0.6) is 0 Å². The van der Waals surface area contributed by atoms with Gasteiger partial charge in [0.1, 0.15) is 5.56 Å². The SMILES string of the molecule is Nc1c(-c2cc(Cc3ccc(CC4=CCOC4)cc3)no2)ccc[n+]1COP(=O)([O-])O. The monoisotopic (exact) mass is 443 g/mol. The second-order valence-corrected chi connectivity index (χ2v) is 8.43. The third-order valence-electron chi connectivity index (χ3n) is 4.92. The van der Waals surface area contributed by atoms with Crippen LogP contribution < -0.4 is 15.2 Å². The fraction of sp³-hybridized carbons (Fsp3) is 0.238. The van der Waals surface area contributed by atoms with Gasteiger partial charge in [0.15, 0.2) is 12.5 Å². The zero-order chi connectivity index (χ0) is 21.8. The number of hydrogen-bond donors (Lipinski definition) is 2. The molecule has 1 aliphatic rings. The maximum absolute atomic E-state index is 10.8. The molecule has 3 aromatic rings. The Kier molecular flexibility index (Phi) is 6.31. The molecule has 0 amide bonds. The van der Waals surface area contributed by atoms with Crippen molar-refractivity contribution in [3.05, 3.63) is 77.1 Å². The minimum Gasteiger partial charge on any atom is -0.756 e. The Hall–Kier alpha value is -2.81. The summed E-state index contributed by atoms with van der Waals surface area (Å²) in [5.41, 5.74) is 11.0. The summed E-state index contributed by atoms with van der Waals surface area (Å²) in [5.74, 6) is 0.661. The number of nitrogens with two attached hydrogens (primary N) is 1. The third-order valence-corrected chi connectivity index (χ3v) is 5.36. The van der Waals surface area contributed by atoms with Gasteiger partial charge in [0.2, 0.25) is 0 Å². The number of pyridine rings is 1. The molecule has 0 saturated heterocycles. The number of ether oxygens (including phenoxy) is 1. The topological polar surface area (TPSA) is 135 Å². The fourth-order valence-electron chi connectivity index (χ4n) is 3.34. The van der Waals surface area contributed by atoms with Gasteiger partial charge in [-0.1, -0.05) is 35.5 Å². The number of phosphoric ester groups is 1. The number of aromatic nitrogens is 2. The van der Waals surface area contributed by atoms with Gasteiger partial charge >= 0.3 is 0 Å². The van der Waals surface area contributed by atoms with E-state index < -0.39 is 14.6 Å². The number of benzene rings is 1. The molecule has 1 atom stereocenters. The Balaban J connectivity index is 1.44. The van der Waals surface area contributed by atoms with Crippen LogP contribution in [0, 0.1) is 0 Å². The summed E-state index contributed by atoms with van der Waals surface area (Å²) in [6.07, 6.45) is 5.14. The molecule has 1 aromatic carbocycles. The van der Waals surface area contributed by atoms with E-state index >= 15 is 0 Å². The molecule has 0 radical (unpaired) electrons. The first-order chi connectivity index (χ1) is 14.9. The van der Waals surface area contributed by atoms with Crippen LogP contribution in [0.15, 0.2) is 64.8 Å². The zero-order valence-corrected chi connectivity index (χ0v) is 17.5. The molecule has 9 nitrogen and oxygen atoms in total. The van der Waals surface area contributed by atoms with Crippen molar-refractivity contribution in [1.29, 1.82) is 0 Å². The molecule has 0 spiro atoms. The van der Waals surface area contributed by atoms with E-state index in [1.165, 1.54) is 21.9 Å². The van der Waals surface area contributed by atoms with Gasteiger partial charge in [-0.3, -0.25) is 14.8 Å². The second-order valence-electron chi connectivity index (χ2n) is 7.23. The average Bonchev–Trinajstić information content (AvgIpc) is 3.40. The van der Waals surface area contributed by atoms with E-state index in [4.69, 9.17) is 19.9 Å². The number of nitrogens with zero attached hydrogens (tertiary/aromatic N) is 2. The predicted octanol–water partition coefficient (Wildman–Crippen LogP) is 1.74. The summed E-state index contributed by atoms with van der Waals surface area (Å²) >= 11 is 0. The first-order valence-corrected chi connectivity index (χ1v) is 11.1. The lowest BCUT2D eigenvalue weighted by atomic mass is 10.0. The molecule has 2 aromatic heterocycles. The number of hydrogen-bond acceptors (Lipinski definition) is 7. The van der Waals surface area contributed by atoms with Crippen molar-refractivity contribution in [2.24, 2.45) is 0 Å². The van der Waals surface area contributed by atoms with E-state index in [0.717, 1.165) is 17.7 Å². The minimum atomic E-state index is -4.86. The molecule has 0 aliphatic carbocycles. The summed E-state index contributed by atoms with van der Waals surface area (Å²) in [6.45, 7) is 0.948. The van der Waals surface area contributed by atoms with Gasteiger partial charge < -0.3 is 19.0 Å². The molecule has 0 bridgehead atoms. The third kappa shape index (κ3) is 5.66. The van der Waals surface area contributed by atoms with Crippen molar-refractivity contribution in [2.75, 3.05) is 18.9 Å². The van der Waals surface area contributed by atoms with Gasteiger partial charge in [0.05, 0.1) is 25.1 Å². The normalized spacial score (nSPS) is 15.6. The van der Waals surface area contributed by atoms with Crippen molar-refractivity contribution >= 4 is 13.6 Å². The number of nitrogen functional groups attached to an aromatic ring is 1. The lowest BCUT2D eigenvalue weighted by molar-refractivity contribution is -0.712. The van der Waals surface area contributed by atoms with Crippen LogP contribution >= 0.6 is 7.82 Å². The van der Waals surface area contributed by atoms with E-state index in [-0.39, 0.29) is 5.82 Å². The molecule has 3 N–H and O–H groups in total. The number of phosphoric acid groups is 1. The highest BCUT2D eigenvalue weighted by Gasteiger charge is 2.18. The molecule has 31 heavy (non-hydrogen) atoms. The predicted molar refractivity (Wildman–Crippen MR) is 109 cm³/mol. The van der Waals surface area contributed by atoms with Crippen molar-refractivity contribution in [3.8, 4) is 11.3 Å². The van der Waals surface area contributed by atoms with Crippen LogP contribution in [0.1, 0.15) is 16.8 Å². The van der Waals surface area contributed by atoms with Gasteiger partial charge in [-0.2, -0.15) is 0 Å². The smallest absolute Gasteiger partial charge is 0.285 e. The highest BCUT2D eigenvalue weighted by Crippen LogP contribution is 2.30. The summed E-state index contributed by atoms with van der Waals surface area (Å²) in [6, 6.07) is 13.5. The highest BCUT2D eigenvalue weighted by atomic mass is 31.2. The highest BCUT2D eigenvalue weighted by molar-refractivity contribution is 7.44. The van der Waals surface area contributed by atoms with Crippen LogP contribution in [0.2, 0.25) is 0 Å². The van der Waals surface area contributed by atoms with Crippen molar-refractivity contribution < 1.29 is 32.7 Å². The minimum absolute atomic E-state index is 0.216. The van der Waals surface area contributed by atoms with E-state index in [2.05, 4.69) is 40.0 Å². The Bertz CT molecular complexity index is 1140. The molecule has 1 aliphatic heterocycles. The van der Waals surface area contributed by atoms with E-state index in [9.17, 15) is 9.46 Å². The first-order valence-electron chi connectivity index (χ1n) is 9.63. The Labute approximate surface area is 179 Å². The van der Waals surface area contributed by atoms with Crippen molar-refractivity contribution in [2.45, 2.75) is 19.6 Å². The van der Waals surface area contributed by atoms with Crippen LogP contribution in [-0.2, 0) is 33.4 Å². The molecular weight excluding hydrogens is 421 g/mol. The molecule has 3 heterocycles. The van der Waals surface area contributed by atoms with Crippen molar-refractivity contribution in [3.63, 3.8) is 0 Å². The Morgan fingerprint density at radius 2 is 1.97 bits per heavy atom. The van der Waals surface area contributed by atoms with Gasteiger partial charge in [0, 0.05) is 12.5 Å². The van der Waals surface area contributed by atoms with Crippen LogP contribution in [-0.4, -0.2) is 23.3 Å². The fourth-order valence-corrected chi connectivity index (χ4v) is 3.61. The second kappa shape index (κ2) is 9.13. The lowest BCUT2D eigenvalue weighted by Gasteiger charge is -2.14. The zero-order valence-electron chi connectivity index (χ0n) is 16.6. The van der Waals surface area contributed by atoms with Gasteiger partial charge in [-0.25, -0.2) is 4.57 Å². The molecule has 1 unspecified atom stereocenters. The van der Waals surface area contributed by atoms with E-state index in [1.54, 1.807) is 18.2 Å². The van der Waals surface area contributed by atoms with Crippen LogP contribution in [0.25, 0.3) is 11.3 Å². The summed E-state index contributed by atoms with van der Waals surface area (Å²) in [7, 11) is -4.86. The number of anilines is 1. The Morgan fingerprint density at radius 3 is 2.65 bits per heavy atom. The van der Waals surface area contributed by atoms with Gasteiger partial charge in [0.25, 0.3) is 13.6 Å². The number of rotatable bonds is 8. The van der Waals surface area contributed by atoms with Gasteiger partial charge in [-0.15, -0.1) is 0 Å². The average molecular weight is 443 g/mol. The maximum atomic E-state index is 10.8.